The van der Waals surface area contributed by atoms with E-state index in [0.717, 1.165) is 0 Å². The maximum atomic E-state index is 2.32. The SMILES string of the molecule is CCCCCCCCCCCCC[C](CCCCCCCCCCCC)CCCCCCCCCCCCC. The predicted molar refractivity (Wildman–Crippen MR) is 182 cm³/mol. The Balaban J connectivity index is 3.88. The van der Waals surface area contributed by atoms with Crippen LogP contribution in [0.2, 0.25) is 0 Å². The summed E-state index contributed by atoms with van der Waals surface area (Å²) in [5, 5.41) is 0. The summed E-state index contributed by atoms with van der Waals surface area (Å²) in [5.41, 5.74) is 0. The molecule has 0 rings (SSSR count). The van der Waals surface area contributed by atoms with Gasteiger partial charge in [-0.15, -0.1) is 0 Å². The van der Waals surface area contributed by atoms with Gasteiger partial charge in [0.1, 0.15) is 0 Å². The average molecular weight is 548 g/mol. The highest BCUT2D eigenvalue weighted by Crippen LogP contribution is 2.27. The van der Waals surface area contributed by atoms with E-state index in [1.807, 2.05) is 5.92 Å². The van der Waals surface area contributed by atoms with Gasteiger partial charge in [0.2, 0.25) is 0 Å². The summed E-state index contributed by atoms with van der Waals surface area (Å²) in [5.74, 6) is 1.95. The number of unbranched alkanes of at least 4 members (excludes halogenated alkanes) is 29. The molecule has 0 amide bonds. The third kappa shape index (κ3) is 34.1. The van der Waals surface area contributed by atoms with Gasteiger partial charge >= 0.3 is 0 Å². The highest BCUT2D eigenvalue weighted by molar-refractivity contribution is 4.89. The molecule has 0 heterocycles. The zero-order valence-electron chi connectivity index (χ0n) is 28.2. The van der Waals surface area contributed by atoms with Gasteiger partial charge in [0.15, 0.2) is 0 Å². The van der Waals surface area contributed by atoms with Gasteiger partial charge in [0.05, 0.1) is 0 Å². The molecule has 0 unspecified atom stereocenters. The third-order valence-corrected chi connectivity index (χ3v) is 9.15. The summed E-state index contributed by atoms with van der Waals surface area (Å²) in [7, 11) is 0. The fraction of sp³-hybridized carbons (Fsp3) is 0.974. The predicted octanol–water partition coefficient (Wildman–Crippen LogP) is 15.3. The summed E-state index contributed by atoms with van der Waals surface area (Å²) >= 11 is 0. The van der Waals surface area contributed by atoms with E-state index in [0.29, 0.717) is 0 Å². The van der Waals surface area contributed by atoms with E-state index in [1.165, 1.54) is 225 Å². The van der Waals surface area contributed by atoms with E-state index in [1.54, 1.807) is 0 Å². The Kier molecular flexibility index (Phi) is 36.0. The number of rotatable bonds is 35. The molecule has 39 heavy (non-hydrogen) atoms. The van der Waals surface area contributed by atoms with E-state index in [9.17, 15) is 0 Å². The van der Waals surface area contributed by atoms with Gasteiger partial charge in [-0.1, -0.05) is 226 Å². The maximum Gasteiger partial charge on any atom is -0.0241 e. The van der Waals surface area contributed by atoms with Crippen LogP contribution in [0.15, 0.2) is 0 Å². The largest absolute Gasteiger partial charge is 0.0654 e. The molecule has 1 radical (unpaired) electrons. The molecule has 0 aromatic rings. The van der Waals surface area contributed by atoms with Crippen molar-refractivity contribution < 1.29 is 0 Å². The Bertz CT molecular complexity index is 373. The molecule has 0 spiro atoms. The molecular formula is C39H79. The average Bonchev–Trinajstić information content (AvgIpc) is 2.95. The van der Waals surface area contributed by atoms with Crippen LogP contribution in [-0.2, 0) is 0 Å². The summed E-state index contributed by atoms with van der Waals surface area (Å²) in [6.45, 7) is 6.95. The molecule has 0 fully saturated rings. The fourth-order valence-corrected chi connectivity index (χ4v) is 6.32. The van der Waals surface area contributed by atoms with Crippen molar-refractivity contribution in [1.82, 2.24) is 0 Å². The van der Waals surface area contributed by atoms with E-state index < -0.39 is 0 Å². The molecule has 0 atom stereocenters. The fourth-order valence-electron chi connectivity index (χ4n) is 6.32. The lowest BCUT2D eigenvalue weighted by atomic mass is 9.89. The molecular weight excluding hydrogens is 468 g/mol. The lowest BCUT2D eigenvalue weighted by Crippen LogP contribution is -1.99. The van der Waals surface area contributed by atoms with Crippen LogP contribution in [0.5, 0.6) is 0 Å². The standard InChI is InChI=1S/C39H79/c1-4-7-10-13-16-19-22-25-28-31-34-37-39(36-33-30-27-24-21-18-15-12-9-6-3)38-35-32-29-26-23-20-17-14-11-8-5-2/h4-38H2,1-3H3. The van der Waals surface area contributed by atoms with Crippen molar-refractivity contribution in [2.45, 2.75) is 245 Å². The first-order valence-electron chi connectivity index (χ1n) is 19.2. The Labute approximate surface area is 251 Å². The summed E-state index contributed by atoms with van der Waals surface area (Å²) in [4.78, 5) is 0. The van der Waals surface area contributed by atoms with Crippen LogP contribution in [0.25, 0.3) is 0 Å². The van der Waals surface area contributed by atoms with Crippen LogP contribution < -0.4 is 0 Å². The highest BCUT2D eigenvalue weighted by Gasteiger charge is 2.09. The molecule has 0 saturated heterocycles. The van der Waals surface area contributed by atoms with Crippen LogP contribution in [0.4, 0.5) is 0 Å². The quantitative estimate of drug-likeness (QED) is 0.0692. The van der Waals surface area contributed by atoms with Crippen molar-refractivity contribution in [2.75, 3.05) is 0 Å². The highest BCUT2D eigenvalue weighted by atomic mass is 14.1. The Morgan fingerprint density at radius 3 is 0.538 bits per heavy atom. The van der Waals surface area contributed by atoms with E-state index in [-0.39, 0.29) is 0 Å². The summed E-state index contributed by atoms with van der Waals surface area (Å²) in [6, 6.07) is 0. The zero-order valence-corrected chi connectivity index (χ0v) is 28.2. The van der Waals surface area contributed by atoms with E-state index >= 15 is 0 Å². The number of hydrogen-bond donors (Lipinski definition) is 0. The second kappa shape index (κ2) is 36.0. The van der Waals surface area contributed by atoms with Crippen LogP contribution in [0, 0.1) is 5.92 Å². The maximum absolute atomic E-state index is 2.32. The number of hydrogen-bond acceptors (Lipinski definition) is 0. The van der Waals surface area contributed by atoms with Crippen molar-refractivity contribution in [2.24, 2.45) is 0 Å². The van der Waals surface area contributed by atoms with Crippen molar-refractivity contribution in [3.63, 3.8) is 0 Å². The molecule has 0 aliphatic heterocycles. The van der Waals surface area contributed by atoms with Gasteiger partial charge in [-0.3, -0.25) is 0 Å². The topological polar surface area (TPSA) is 0 Å². The van der Waals surface area contributed by atoms with Gasteiger partial charge in [-0.25, -0.2) is 0 Å². The van der Waals surface area contributed by atoms with Gasteiger partial charge in [-0.05, 0) is 25.2 Å². The molecule has 235 valence electrons. The van der Waals surface area contributed by atoms with Gasteiger partial charge < -0.3 is 0 Å². The normalized spacial score (nSPS) is 11.7. The molecule has 0 N–H and O–H groups in total. The summed E-state index contributed by atoms with van der Waals surface area (Å²) in [6.07, 6.45) is 51.3. The van der Waals surface area contributed by atoms with Crippen LogP contribution >= 0.6 is 0 Å². The lowest BCUT2D eigenvalue weighted by molar-refractivity contribution is 0.501. The van der Waals surface area contributed by atoms with E-state index in [4.69, 9.17) is 0 Å². The van der Waals surface area contributed by atoms with Gasteiger partial charge in [0.25, 0.3) is 0 Å². The minimum Gasteiger partial charge on any atom is -0.0654 e. The van der Waals surface area contributed by atoms with Crippen molar-refractivity contribution in [3.05, 3.63) is 5.92 Å². The van der Waals surface area contributed by atoms with Crippen LogP contribution in [-0.4, -0.2) is 0 Å². The molecule has 0 nitrogen and oxygen atoms in total. The van der Waals surface area contributed by atoms with Crippen molar-refractivity contribution in [3.8, 4) is 0 Å². The Morgan fingerprint density at radius 2 is 0.359 bits per heavy atom. The molecule has 0 bridgehead atoms. The molecule has 0 aliphatic rings. The van der Waals surface area contributed by atoms with Gasteiger partial charge in [-0.2, -0.15) is 0 Å². The first-order valence-corrected chi connectivity index (χ1v) is 19.2. The smallest absolute Gasteiger partial charge is 0.0241 e. The van der Waals surface area contributed by atoms with Crippen LogP contribution in [0.1, 0.15) is 245 Å². The van der Waals surface area contributed by atoms with Gasteiger partial charge in [0, 0.05) is 0 Å². The Hall–Kier alpha value is 0. The second-order valence-electron chi connectivity index (χ2n) is 13.3. The van der Waals surface area contributed by atoms with Crippen molar-refractivity contribution in [1.29, 1.82) is 0 Å². The molecule has 0 aromatic heterocycles. The molecule has 0 aromatic carbocycles. The lowest BCUT2D eigenvalue weighted by Gasteiger charge is -2.16. The van der Waals surface area contributed by atoms with Crippen molar-refractivity contribution >= 4 is 0 Å². The first-order chi connectivity index (χ1) is 19.3. The second-order valence-corrected chi connectivity index (χ2v) is 13.3. The zero-order chi connectivity index (χ0) is 28.3. The molecule has 0 heteroatoms. The minimum absolute atomic E-state index is 1.37. The monoisotopic (exact) mass is 548 g/mol. The molecule has 0 aliphatic carbocycles. The minimum atomic E-state index is 1.37. The van der Waals surface area contributed by atoms with Crippen LogP contribution in [0.3, 0.4) is 0 Å². The van der Waals surface area contributed by atoms with E-state index in [2.05, 4.69) is 20.8 Å². The first kappa shape index (κ1) is 39.0. The Morgan fingerprint density at radius 1 is 0.205 bits per heavy atom. The third-order valence-electron chi connectivity index (χ3n) is 9.15. The molecule has 0 saturated carbocycles. The summed E-state index contributed by atoms with van der Waals surface area (Å²) < 4.78 is 0.